The molecule has 1 N–H and O–H groups in total. The van der Waals surface area contributed by atoms with Crippen LogP contribution in [0.4, 0.5) is 0 Å². The number of halogens is 2. The SMILES string of the molecule is Cc1ccc(Br)c(C(O)c2ccc(Br)s2)c1. The van der Waals surface area contributed by atoms with Gasteiger partial charge in [0.1, 0.15) is 6.10 Å². The summed E-state index contributed by atoms with van der Waals surface area (Å²) in [6.07, 6.45) is -0.564. The summed E-state index contributed by atoms with van der Waals surface area (Å²) in [5.74, 6) is 0. The van der Waals surface area contributed by atoms with Crippen LogP contribution in [0.25, 0.3) is 0 Å². The lowest BCUT2D eigenvalue weighted by molar-refractivity contribution is 0.223. The highest BCUT2D eigenvalue weighted by Gasteiger charge is 2.15. The molecule has 0 fully saturated rings. The summed E-state index contributed by atoms with van der Waals surface area (Å²) in [4.78, 5) is 0.943. The summed E-state index contributed by atoms with van der Waals surface area (Å²) >= 11 is 8.42. The van der Waals surface area contributed by atoms with Gasteiger partial charge in [0.2, 0.25) is 0 Å². The van der Waals surface area contributed by atoms with Gasteiger partial charge in [-0.3, -0.25) is 0 Å². The molecule has 1 unspecified atom stereocenters. The van der Waals surface area contributed by atoms with Crippen molar-refractivity contribution in [1.82, 2.24) is 0 Å². The Kier molecular flexibility index (Phi) is 3.85. The van der Waals surface area contributed by atoms with Gasteiger partial charge in [0, 0.05) is 14.9 Å². The minimum atomic E-state index is -0.564. The van der Waals surface area contributed by atoms with Crippen LogP contribution in [0.15, 0.2) is 38.6 Å². The van der Waals surface area contributed by atoms with Crippen LogP contribution in [0.5, 0.6) is 0 Å². The molecule has 0 radical (unpaired) electrons. The molecule has 0 amide bonds. The number of aryl methyl sites for hydroxylation is 1. The molecule has 0 saturated carbocycles. The molecule has 2 aromatic rings. The van der Waals surface area contributed by atoms with E-state index in [2.05, 4.69) is 31.9 Å². The fourth-order valence-electron chi connectivity index (χ4n) is 1.50. The molecule has 0 aliphatic carbocycles. The Morgan fingerprint density at radius 3 is 2.56 bits per heavy atom. The van der Waals surface area contributed by atoms with Crippen LogP contribution >= 0.6 is 43.2 Å². The maximum atomic E-state index is 10.3. The highest BCUT2D eigenvalue weighted by molar-refractivity contribution is 9.11. The lowest BCUT2D eigenvalue weighted by Gasteiger charge is -2.11. The molecule has 84 valence electrons. The van der Waals surface area contributed by atoms with E-state index in [1.54, 1.807) is 11.3 Å². The largest absolute Gasteiger partial charge is 0.383 e. The number of aliphatic hydroxyl groups excluding tert-OH is 1. The van der Waals surface area contributed by atoms with E-state index in [9.17, 15) is 5.11 Å². The molecule has 1 aromatic carbocycles. The number of rotatable bonds is 2. The summed E-state index contributed by atoms with van der Waals surface area (Å²) in [5, 5.41) is 10.3. The Morgan fingerprint density at radius 2 is 1.94 bits per heavy atom. The average molecular weight is 362 g/mol. The lowest BCUT2D eigenvalue weighted by atomic mass is 10.1. The van der Waals surface area contributed by atoms with Gasteiger partial charge in [-0.2, -0.15) is 0 Å². The number of hydrogen-bond acceptors (Lipinski definition) is 2. The third-order valence-electron chi connectivity index (χ3n) is 2.31. The summed E-state index contributed by atoms with van der Waals surface area (Å²) in [5.41, 5.74) is 2.06. The Labute approximate surface area is 115 Å². The second-order valence-corrected chi connectivity index (χ2v) is 6.92. The van der Waals surface area contributed by atoms with Crippen LogP contribution in [-0.4, -0.2) is 5.11 Å². The lowest BCUT2D eigenvalue weighted by Crippen LogP contribution is -1.98. The first-order chi connectivity index (χ1) is 7.58. The second-order valence-electron chi connectivity index (χ2n) is 3.57. The quantitative estimate of drug-likeness (QED) is 0.824. The minimum absolute atomic E-state index is 0.564. The highest BCUT2D eigenvalue weighted by atomic mass is 79.9. The van der Waals surface area contributed by atoms with Crippen molar-refractivity contribution in [3.05, 3.63) is 54.6 Å². The van der Waals surface area contributed by atoms with Gasteiger partial charge in [0.25, 0.3) is 0 Å². The van der Waals surface area contributed by atoms with E-state index in [1.165, 1.54) is 0 Å². The van der Waals surface area contributed by atoms with Gasteiger partial charge in [-0.25, -0.2) is 0 Å². The van der Waals surface area contributed by atoms with E-state index >= 15 is 0 Å². The van der Waals surface area contributed by atoms with Crippen LogP contribution in [0, 0.1) is 6.92 Å². The van der Waals surface area contributed by atoms with Crippen molar-refractivity contribution < 1.29 is 5.11 Å². The van der Waals surface area contributed by atoms with Gasteiger partial charge < -0.3 is 5.11 Å². The molecule has 1 aromatic heterocycles. The molecular formula is C12H10Br2OS. The van der Waals surface area contributed by atoms with E-state index in [0.717, 1.165) is 24.3 Å². The first kappa shape index (κ1) is 12.3. The smallest absolute Gasteiger partial charge is 0.114 e. The van der Waals surface area contributed by atoms with Gasteiger partial charge in [0.15, 0.2) is 0 Å². The third-order valence-corrected chi connectivity index (χ3v) is 4.71. The Morgan fingerprint density at radius 1 is 1.19 bits per heavy atom. The predicted octanol–water partition coefficient (Wildman–Crippen LogP) is 4.66. The zero-order valence-electron chi connectivity index (χ0n) is 8.58. The fraction of sp³-hybridized carbons (Fsp3) is 0.167. The molecule has 0 spiro atoms. The summed E-state index contributed by atoms with van der Waals surface area (Å²) < 4.78 is 1.97. The Bertz CT molecular complexity index is 507. The fourth-order valence-corrected chi connectivity index (χ4v) is 3.39. The van der Waals surface area contributed by atoms with E-state index in [4.69, 9.17) is 0 Å². The van der Waals surface area contributed by atoms with Crippen molar-refractivity contribution in [3.63, 3.8) is 0 Å². The highest BCUT2D eigenvalue weighted by Crippen LogP contribution is 2.34. The van der Waals surface area contributed by atoms with Gasteiger partial charge in [-0.05, 0) is 41.1 Å². The van der Waals surface area contributed by atoms with Crippen LogP contribution < -0.4 is 0 Å². The second kappa shape index (κ2) is 5.00. The normalized spacial score (nSPS) is 12.8. The number of hydrogen-bond donors (Lipinski definition) is 1. The molecule has 16 heavy (non-hydrogen) atoms. The third kappa shape index (κ3) is 2.56. The van der Waals surface area contributed by atoms with Crippen LogP contribution in [0.1, 0.15) is 22.1 Å². The summed E-state index contributed by atoms with van der Waals surface area (Å²) in [7, 11) is 0. The van der Waals surface area contributed by atoms with Crippen molar-refractivity contribution in [2.24, 2.45) is 0 Å². The van der Waals surface area contributed by atoms with Crippen molar-refractivity contribution in [3.8, 4) is 0 Å². The molecule has 0 saturated heterocycles. The predicted molar refractivity (Wildman–Crippen MR) is 75.0 cm³/mol. The maximum Gasteiger partial charge on any atom is 0.114 e. The van der Waals surface area contributed by atoms with Gasteiger partial charge in [0.05, 0.1) is 3.79 Å². The van der Waals surface area contributed by atoms with E-state index < -0.39 is 6.10 Å². The van der Waals surface area contributed by atoms with E-state index in [0.29, 0.717) is 0 Å². The molecule has 0 aliphatic heterocycles. The first-order valence-electron chi connectivity index (χ1n) is 4.77. The van der Waals surface area contributed by atoms with Gasteiger partial charge >= 0.3 is 0 Å². The molecule has 1 nitrogen and oxygen atoms in total. The molecule has 1 atom stereocenters. The molecule has 4 heteroatoms. The van der Waals surface area contributed by atoms with Crippen LogP contribution in [-0.2, 0) is 0 Å². The molecule has 1 heterocycles. The number of thiophene rings is 1. The van der Waals surface area contributed by atoms with E-state index in [1.807, 2.05) is 37.3 Å². The maximum absolute atomic E-state index is 10.3. The standard InChI is InChI=1S/C12H10Br2OS/c1-7-2-3-9(13)8(6-7)12(15)10-4-5-11(14)16-10/h2-6,12,15H,1H3. The monoisotopic (exact) mass is 360 g/mol. The molecule has 2 rings (SSSR count). The topological polar surface area (TPSA) is 20.2 Å². The summed E-state index contributed by atoms with van der Waals surface area (Å²) in [6.45, 7) is 2.02. The van der Waals surface area contributed by atoms with E-state index in [-0.39, 0.29) is 0 Å². The zero-order valence-corrected chi connectivity index (χ0v) is 12.6. The van der Waals surface area contributed by atoms with Gasteiger partial charge in [-0.15, -0.1) is 11.3 Å². The molecular weight excluding hydrogens is 352 g/mol. The van der Waals surface area contributed by atoms with Crippen molar-refractivity contribution in [1.29, 1.82) is 0 Å². The van der Waals surface area contributed by atoms with Crippen molar-refractivity contribution in [2.75, 3.05) is 0 Å². The van der Waals surface area contributed by atoms with Gasteiger partial charge in [-0.1, -0.05) is 33.6 Å². The van der Waals surface area contributed by atoms with Crippen LogP contribution in [0.2, 0.25) is 0 Å². The van der Waals surface area contributed by atoms with Crippen molar-refractivity contribution >= 4 is 43.2 Å². The molecule has 0 aliphatic rings. The average Bonchev–Trinajstić information content (AvgIpc) is 2.67. The Balaban J connectivity index is 2.40. The minimum Gasteiger partial charge on any atom is -0.383 e. The number of aliphatic hydroxyl groups is 1. The summed E-state index contributed by atoms with van der Waals surface area (Å²) in [6, 6.07) is 9.88. The first-order valence-corrected chi connectivity index (χ1v) is 7.17. The van der Waals surface area contributed by atoms with Crippen LogP contribution in [0.3, 0.4) is 0 Å². The van der Waals surface area contributed by atoms with Crippen molar-refractivity contribution in [2.45, 2.75) is 13.0 Å². The number of benzene rings is 1. The zero-order chi connectivity index (χ0) is 11.7. The Hall–Kier alpha value is -0.160. The molecule has 0 bridgehead atoms.